The number of ether oxygens (including phenoxy) is 1. The van der Waals surface area contributed by atoms with Crippen LogP contribution in [-0.2, 0) is 27.2 Å². The molecular formula is C28H20ClN3O5S. The molecule has 190 valence electrons. The van der Waals surface area contributed by atoms with Gasteiger partial charge in [-0.3, -0.25) is 14.4 Å². The summed E-state index contributed by atoms with van der Waals surface area (Å²) >= 11 is 7.14. The van der Waals surface area contributed by atoms with E-state index in [1.807, 2.05) is 6.07 Å². The number of nitriles is 1. The van der Waals surface area contributed by atoms with Crippen molar-refractivity contribution in [2.45, 2.75) is 36.0 Å². The maximum absolute atomic E-state index is 13.1. The summed E-state index contributed by atoms with van der Waals surface area (Å²) in [6.07, 6.45) is 2.68. The van der Waals surface area contributed by atoms with E-state index in [1.54, 1.807) is 24.3 Å². The summed E-state index contributed by atoms with van der Waals surface area (Å²) in [6, 6.07) is 16.3. The van der Waals surface area contributed by atoms with Gasteiger partial charge in [0.25, 0.3) is 0 Å². The fourth-order valence-corrected chi connectivity index (χ4v) is 5.79. The quantitative estimate of drug-likeness (QED) is 0.241. The van der Waals surface area contributed by atoms with Crippen molar-refractivity contribution in [2.75, 3.05) is 11.5 Å². The van der Waals surface area contributed by atoms with Gasteiger partial charge < -0.3 is 4.74 Å². The van der Waals surface area contributed by atoms with E-state index in [4.69, 9.17) is 16.3 Å². The van der Waals surface area contributed by atoms with E-state index in [0.717, 1.165) is 47.2 Å². The van der Waals surface area contributed by atoms with Gasteiger partial charge in [0, 0.05) is 17.7 Å². The molecule has 2 aromatic carbocycles. The number of anilines is 1. The molecule has 2 amide bonds. The minimum Gasteiger partial charge on any atom is -0.454 e. The standard InChI is InChI=1S/C28H20ClN3O5S/c29-21-6-2-1-5-20(21)23(33)15-37-28(36)16-8-10-19(11-9-16)32-25(34)13-24(27(32)35)38-26-18(14-30)12-17-4-3-7-22(17)31-26/h1-2,5-6,8-12,24H,3-4,7,13,15H2. The van der Waals surface area contributed by atoms with Crippen LogP contribution in [0.5, 0.6) is 0 Å². The lowest BCUT2D eigenvalue weighted by Crippen LogP contribution is -2.31. The highest BCUT2D eigenvalue weighted by molar-refractivity contribution is 8.00. The van der Waals surface area contributed by atoms with Crippen molar-refractivity contribution < 1.29 is 23.9 Å². The van der Waals surface area contributed by atoms with Crippen molar-refractivity contribution in [3.05, 3.63) is 87.6 Å². The Hall–Kier alpha value is -4.00. The number of imide groups is 1. The van der Waals surface area contributed by atoms with Crippen LogP contribution in [0.4, 0.5) is 5.69 Å². The number of Topliss-reactive ketones (excluding diaryl/α,β-unsaturated/α-hetero) is 1. The smallest absolute Gasteiger partial charge is 0.338 e. The first-order valence-corrected chi connectivity index (χ1v) is 13.1. The Kier molecular flexibility index (Phi) is 7.27. The van der Waals surface area contributed by atoms with E-state index < -0.39 is 29.5 Å². The summed E-state index contributed by atoms with van der Waals surface area (Å²) in [7, 11) is 0. The number of aromatic nitrogens is 1. The number of hydrogen-bond acceptors (Lipinski definition) is 8. The third kappa shape index (κ3) is 5.05. The molecule has 1 unspecified atom stereocenters. The fraction of sp³-hybridized carbons (Fsp3) is 0.214. The average molecular weight is 546 g/mol. The molecule has 10 heteroatoms. The van der Waals surface area contributed by atoms with Gasteiger partial charge in [-0.25, -0.2) is 14.7 Å². The summed E-state index contributed by atoms with van der Waals surface area (Å²) in [5, 5.41) is 9.58. The lowest BCUT2D eigenvalue weighted by Gasteiger charge is -2.15. The number of fused-ring (bicyclic) bond motifs is 1. The van der Waals surface area contributed by atoms with Crippen LogP contribution >= 0.6 is 23.4 Å². The summed E-state index contributed by atoms with van der Waals surface area (Å²) in [4.78, 5) is 56.3. The fourth-order valence-electron chi connectivity index (χ4n) is 4.45. The summed E-state index contributed by atoms with van der Waals surface area (Å²) < 4.78 is 5.11. The Morgan fingerprint density at radius 1 is 1.13 bits per heavy atom. The van der Waals surface area contributed by atoms with Gasteiger partial charge in [-0.15, -0.1) is 0 Å². The molecule has 1 aromatic heterocycles. The maximum atomic E-state index is 13.1. The maximum Gasteiger partial charge on any atom is 0.338 e. The monoisotopic (exact) mass is 545 g/mol. The van der Waals surface area contributed by atoms with Crippen molar-refractivity contribution in [3.63, 3.8) is 0 Å². The summed E-state index contributed by atoms with van der Waals surface area (Å²) in [5.74, 6) is -1.95. The topological polar surface area (TPSA) is 117 Å². The summed E-state index contributed by atoms with van der Waals surface area (Å²) in [5.41, 5.74) is 3.14. The van der Waals surface area contributed by atoms with Crippen molar-refractivity contribution >= 4 is 52.6 Å². The molecule has 5 rings (SSSR count). The molecule has 1 aliphatic carbocycles. The van der Waals surface area contributed by atoms with Gasteiger partial charge in [0.1, 0.15) is 11.1 Å². The number of amides is 2. The average Bonchev–Trinajstić information content (AvgIpc) is 3.49. The third-order valence-electron chi connectivity index (χ3n) is 6.37. The highest BCUT2D eigenvalue weighted by Gasteiger charge is 2.41. The molecule has 1 aliphatic heterocycles. The van der Waals surface area contributed by atoms with Crippen LogP contribution in [0, 0.1) is 11.3 Å². The van der Waals surface area contributed by atoms with Gasteiger partial charge in [-0.05, 0) is 67.3 Å². The Balaban J connectivity index is 1.24. The molecule has 8 nitrogen and oxygen atoms in total. The van der Waals surface area contributed by atoms with Gasteiger partial charge in [0.2, 0.25) is 17.6 Å². The Labute approximate surface area is 227 Å². The predicted octanol–water partition coefficient (Wildman–Crippen LogP) is 4.56. The Bertz CT molecular complexity index is 1520. The van der Waals surface area contributed by atoms with Gasteiger partial charge >= 0.3 is 5.97 Å². The van der Waals surface area contributed by atoms with E-state index in [-0.39, 0.29) is 28.5 Å². The molecule has 1 atom stereocenters. The van der Waals surface area contributed by atoms with Gasteiger partial charge in [-0.1, -0.05) is 35.5 Å². The predicted molar refractivity (Wildman–Crippen MR) is 140 cm³/mol. The molecule has 0 radical (unpaired) electrons. The number of ketones is 1. The second-order valence-corrected chi connectivity index (χ2v) is 10.4. The number of pyridine rings is 1. The van der Waals surface area contributed by atoms with Crippen LogP contribution in [0.3, 0.4) is 0 Å². The number of nitrogens with zero attached hydrogens (tertiary/aromatic N) is 3. The van der Waals surface area contributed by atoms with Crippen LogP contribution < -0.4 is 4.90 Å². The van der Waals surface area contributed by atoms with Gasteiger partial charge in [0.05, 0.1) is 27.1 Å². The zero-order valence-corrected chi connectivity index (χ0v) is 21.6. The number of carbonyl (C=O) groups excluding carboxylic acids is 4. The van der Waals surface area contributed by atoms with E-state index in [9.17, 15) is 24.4 Å². The van der Waals surface area contributed by atoms with Crippen LogP contribution in [0.2, 0.25) is 5.02 Å². The van der Waals surface area contributed by atoms with Crippen LogP contribution in [-0.4, -0.2) is 40.4 Å². The number of carbonyl (C=O) groups is 4. The molecule has 3 aromatic rings. The lowest BCUT2D eigenvalue weighted by molar-refractivity contribution is -0.121. The van der Waals surface area contributed by atoms with E-state index in [1.165, 1.54) is 24.3 Å². The lowest BCUT2D eigenvalue weighted by atomic mass is 10.1. The number of hydrogen-bond donors (Lipinski definition) is 0. The second kappa shape index (κ2) is 10.8. The first-order chi connectivity index (χ1) is 18.4. The van der Waals surface area contributed by atoms with Crippen molar-refractivity contribution in [1.29, 1.82) is 5.26 Å². The van der Waals surface area contributed by atoms with Gasteiger partial charge in [0.15, 0.2) is 6.61 Å². The molecule has 2 heterocycles. The van der Waals surface area contributed by atoms with E-state index in [2.05, 4.69) is 11.1 Å². The SMILES string of the molecule is N#Cc1cc2c(nc1SC1CC(=O)N(c3ccc(C(=O)OCC(=O)c4ccccc4Cl)cc3)C1=O)CCC2. The van der Waals surface area contributed by atoms with Crippen LogP contribution in [0.25, 0.3) is 0 Å². The number of esters is 1. The molecule has 0 saturated carbocycles. The molecule has 2 aliphatic rings. The highest BCUT2D eigenvalue weighted by Crippen LogP contribution is 2.36. The molecule has 1 saturated heterocycles. The molecule has 0 N–H and O–H groups in total. The zero-order chi connectivity index (χ0) is 26.8. The second-order valence-electron chi connectivity index (χ2n) is 8.82. The van der Waals surface area contributed by atoms with Crippen molar-refractivity contribution in [1.82, 2.24) is 4.98 Å². The van der Waals surface area contributed by atoms with E-state index in [0.29, 0.717) is 16.3 Å². The number of rotatable bonds is 7. The molecular weight excluding hydrogens is 526 g/mol. The zero-order valence-electron chi connectivity index (χ0n) is 20.0. The number of aryl methyl sites for hydroxylation is 2. The van der Waals surface area contributed by atoms with Crippen LogP contribution in [0.15, 0.2) is 59.6 Å². The third-order valence-corrected chi connectivity index (χ3v) is 7.88. The largest absolute Gasteiger partial charge is 0.454 e. The number of benzene rings is 2. The van der Waals surface area contributed by atoms with E-state index >= 15 is 0 Å². The highest BCUT2D eigenvalue weighted by atomic mass is 35.5. The molecule has 1 fully saturated rings. The first kappa shape index (κ1) is 25.6. The normalized spacial score (nSPS) is 16.3. The minimum atomic E-state index is -0.726. The minimum absolute atomic E-state index is 0.0267. The van der Waals surface area contributed by atoms with Crippen molar-refractivity contribution in [3.8, 4) is 6.07 Å². The molecule has 0 bridgehead atoms. The number of thioether (sulfide) groups is 1. The van der Waals surface area contributed by atoms with Crippen LogP contribution in [0.1, 0.15) is 50.4 Å². The molecule has 0 spiro atoms. The molecule has 38 heavy (non-hydrogen) atoms. The van der Waals surface area contributed by atoms with Gasteiger partial charge in [-0.2, -0.15) is 5.26 Å². The summed E-state index contributed by atoms with van der Waals surface area (Å²) in [6.45, 7) is -0.478. The Morgan fingerprint density at radius 3 is 2.63 bits per heavy atom. The van der Waals surface area contributed by atoms with Crippen molar-refractivity contribution in [2.24, 2.45) is 0 Å². The Morgan fingerprint density at radius 2 is 1.89 bits per heavy atom. The first-order valence-electron chi connectivity index (χ1n) is 11.9. The number of halogens is 1.